The summed E-state index contributed by atoms with van der Waals surface area (Å²) in [5.41, 5.74) is 8.34. The molecule has 0 atom stereocenters. The highest BCUT2D eigenvalue weighted by atomic mass is 35.5. The first-order chi connectivity index (χ1) is 16.2. The predicted molar refractivity (Wildman–Crippen MR) is 137 cm³/mol. The monoisotopic (exact) mass is 512 g/mol. The van der Waals surface area contributed by atoms with E-state index in [2.05, 4.69) is 5.32 Å². The van der Waals surface area contributed by atoms with Crippen molar-refractivity contribution in [1.82, 2.24) is 0 Å². The molecule has 3 N–H and O–H groups in total. The molecule has 0 amide bonds. The van der Waals surface area contributed by atoms with Crippen LogP contribution in [0.5, 0.6) is 5.75 Å². The fourth-order valence-corrected chi connectivity index (χ4v) is 6.38. The SMILES string of the molecule is COc1ccc(C(=O)c2sc(Nc3ccc(C)cc3)c(S(=O)(=O)c3ccc(Cl)cc3)c2N)cc1. The number of sulfone groups is 1. The van der Waals surface area contributed by atoms with E-state index in [1.165, 1.54) is 31.4 Å². The van der Waals surface area contributed by atoms with Crippen molar-refractivity contribution in [2.45, 2.75) is 16.7 Å². The Kier molecular flexibility index (Phi) is 6.65. The predicted octanol–water partition coefficient (Wildman–Crippen LogP) is 6.11. The zero-order valence-electron chi connectivity index (χ0n) is 18.3. The Morgan fingerprint density at radius 3 is 2.18 bits per heavy atom. The maximum Gasteiger partial charge on any atom is 0.211 e. The Hall–Kier alpha value is -3.33. The molecule has 0 aliphatic heterocycles. The van der Waals surface area contributed by atoms with Crippen LogP contribution in [0.1, 0.15) is 20.8 Å². The first kappa shape index (κ1) is 23.8. The van der Waals surface area contributed by atoms with E-state index in [9.17, 15) is 13.2 Å². The second-order valence-corrected chi connectivity index (χ2v) is 10.9. The largest absolute Gasteiger partial charge is 0.497 e. The van der Waals surface area contributed by atoms with Crippen molar-refractivity contribution in [2.75, 3.05) is 18.2 Å². The van der Waals surface area contributed by atoms with Gasteiger partial charge in [-0.1, -0.05) is 29.3 Å². The van der Waals surface area contributed by atoms with E-state index in [4.69, 9.17) is 22.1 Å². The summed E-state index contributed by atoms with van der Waals surface area (Å²) in [4.78, 5) is 13.3. The fraction of sp³-hybridized carbons (Fsp3) is 0.0800. The molecule has 9 heteroatoms. The average Bonchev–Trinajstić information content (AvgIpc) is 3.16. The van der Waals surface area contributed by atoms with Gasteiger partial charge in [0.05, 0.1) is 17.7 Å². The Bertz CT molecular complexity index is 1440. The van der Waals surface area contributed by atoms with Crippen LogP contribution in [-0.2, 0) is 9.84 Å². The normalized spacial score (nSPS) is 11.3. The van der Waals surface area contributed by atoms with Crippen LogP contribution < -0.4 is 15.8 Å². The van der Waals surface area contributed by atoms with Crippen molar-refractivity contribution >= 4 is 54.9 Å². The van der Waals surface area contributed by atoms with Crippen molar-refractivity contribution in [2.24, 2.45) is 0 Å². The number of halogens is 1. The summed E-state index contributed by atoms with van der Waals surface area (Å²) in [5, 5.41) is 3.80. The van der Waals surface area contributed by atoms with Crippen molar-refractivity contribution < 1.29 is 17.9 Å². The van der Waals surface area contributed by atoms with Gasteiger partial charge in [-0.15, -0.1) is 11.3 Å². The zero-order chi connectivity index (χ0) is 24.5. The lowest BCUT2D eigenvalue weighted by molar-refractivity contribution is 0.104. The van der Waals surface area contributed by atoms with E-state index in [1.807, 2.05) is 31.2 Å². The molecule has 4 aromatic rings. The third kappa shape index (κ3) is 4.65. The number of carbonyl (C=O) groups is 1. The lowest BCUT2D eigenvalue weighted by Crippen LogP contribution is -2.08. The summed E-state index contributed by atoms with van der Waals surface area (Å²) in [6.45, 7) is 1.95. The van der Waals surface area contributed by atoms with Crippen molar-refractivity contribution in [3.8, 4) is 5.75 Å². The maximum atomic E-state index is 13.6. The van der Waals surface area contributed by atoms with Gasteiger partial charge in [0.15, 0.2) is 0 Å². The van der Waals surface area contributed by atoms with Gasteiger partial charge in [-0.05, 0) is 67.6 Å². The molecule has 1 aromatic heterocycles. The Morgan fingerprint density at radius 1 is 0.971 bits per heavy atom. The topological polar surface area (TPSA) is 98.5 Å². The zero-order valence-corrected chi connectivity index (χ0v) is 20.7. The minimum absolute atomic E-state index is 0.0248. The molecule has 6 nitrogen and oxygen atoms in total. The van der Waals surface area contributed by atoms with E-state index in [-0.39, 0.29) is 31.1 Å². The number of hydrogen-bond donors (Lipinski definition) is 2. The van der Waals surface area contributed by atoms with Gasteiger partial charge >= 0.3 is 0 Å². The van der Waals surface area contributed by atoms with Gasteiger partial charge in [0.2, 0.25) is 15.6 Å². The van der Waals surface area contributed by atoms with Crippen molar-refractivity contribution in [3.63, 3.8) is 0 Å². The van der Waals surface area contributed by atoms with Gasteiger partial charge in [-0.25, -0.2) is 8.42 Å². The van der Waals surface area contributed by atoms with E-state index in [1.54, 1.807) is 24.3 Å². The Morgan fingerprint density at radius 2 is 1.59 bits per heavy atom. The highest BCUT2D eigenvalue weighted by Crippen LogP contribution is 2.44. The highest BCUT2D eigenvalue weighted by molar-refractivity contribution is 7.92. The van der Waals surface area contributed by atoms with Gasteiger partial charge in [0.1, 0.15) is 20.5 Å². The standard InChI is InChI=1S/C25H21ClN2O4S2/c1-15-3-9-18(10-4-15)28-25-24(34(30,31)20-13-7-17(26)8-14-20)21(27)23(33-25)22(29)16-5-11-19(32-2)12-6-16/h3-14,28H,27H2,1-2H3. The fourth-order valence-electron chi connectivity index (χ4n) is 3.32. The number of hydrogen-bond acceptors (Lipinski definition) is 7. The first-order valence-electron chi connectivity index (χ1n) is 10.2. The Balaban J connectivity index is 1.85. The molecule has 0 saturated carbocycles. The molecule has 174 valence electrons. The summed E-state index contributed by atoms with van der Waals surface area (Å²) in [7, 11) is -2.53. The molecule has 0 saturated heterocycles. The van der Waals surface area contributed by atoms with Crippen LogP contribution in [0.15, 0.2) is 82.6 Å². The average molecular weight is 513 g/mol. The number of aryl methyl sites for hydroxylation is 1. The lowest BCUT2D eigenvalue weighted by atomic mass is 10.1. The number of thiophene rings is 1. The molecule has 0 aliphatic rings. The number of ketones is 1. The molecule has 34 heavy (non-hydrogen) atoms. The summed E-state index contributed by atoms with van der Waals surface area (Å²) >= 11 is 6.94. The molecule has 3 aromatic carbocycles. The molecular weight excluding hydrogens is 492 g/mol. The van der Waals surface area contributed by atoms with Crippen LogP contribution in [0, 0.1) is 6.92 Å². The lowest BCUT2D eigenvalue weighted by Gasteiger charge is -2.10. The molecule has 0 bridgehead atoms. The summed E-state index contributed by atoms with van der Waals surface area (Å²) in [5.74, 6) is 0.220. The second-order valence-electron chi connectivity index (χ2n) is 7.51. The molecule has 0 spiro atoms. The minimum atomic E-state index is -4.06. The third-order valence-electron chi connectivity index (χ3n) is 5.16. The first-order valence-corrected chi connectivity index (χ1v) is 12.8. The van der Waals surface area contributed by atoms with E-state index in [0.29, 0.717) is 22.0 Å². The molecule has 0 radical (unpaired) electrons. The van der Waals surface area contributed by atoms with Crippen LogP contribution in [-0.4, -0.2) is 21.3 Å². The number of nitrogen functional groups attached to an aromatic ring is 1. The third-order valence-corrected chi connectivity index (χ3v) is 8.52. The molecule has 1 heterocycles. The molecule has 4 rings (SSSR count). The summed E-state index contributed by atoms with van der Waals surface area (Å²) < 4.78 is 32.4. The quantitative estimate of drug-likeness (QED) is 0.290. The van der Waals surface area contributed by atoms with Crippen LogP contribution in [0.25, 0.3) is 0 Å². The van der Waals surface area contributed by atoms with Gasteiger partial charge in [0, 0.05) is 16.3 Å². The second kappa shape index (κ2) is 9.50. The number of methoxy groups -OCH3 is 1. The molecule has 0 unspecified atom stereocenters. The Labute approximate surface area is 206 Å². The van der Waals surface area contributed by atoms with Gasteiger partial charge in [-0.2, -0.15) is 0 Å². The van der Waals surface area contributed by atoms with Crippen molar-refractivity contribution in [1.29, 1.82) is 0 Å². The minimum Gasteiger partial charge on any atom is -0.497 e. The number of nitrogens with one attached hydrogen (secondary N) is 1. The van der Waals surface area contributed by atoms with Gasteiger partial charge in [0.25, 0.3) is 0 Å². The highest BCUT2D eigenvalue weighted by Gasteiger charge is 2.31. The number of anilines is 3. The molecule has 0 aliphatic carbocycles. The number of benzene rings is 3. The van der Waals surface area contributed by atoms with Crippen molar-refractivity contribution in [3.05, 3.63) is 93.8 Å². The smallest absolute Gasteiger partial charge is 0.211 e. The number of rotatable bonds is 7. The maximum absolute atomic E-state index is 13.6. The van der Waals surface area contributed by atoms with Gasteiger partial charge < -0.3 is 15.8 Å². The number of carbonyl (C=O) groups excluding carboxylic acids is 1. The molecular formula is C25H21ClN2O4S2. The van der Waals surface area contributed by atoms with E-state index < -0.39 is 9.84 Å². The number of ether oxygens (including phenoxy) is 1. The van der Waals surface area contributed by atoms with E-state index >= 15 is 0 Å². The van der Waals surface area contributed by atoms with Gasteiger partial charge in [-0.3, -0.25) is 4.79 Å². The van der Waals surface area contributed by atoms with E-state index in [0.717, 1.165) is 16.9 Å². The van der Waals surface area contributed by atoms with Crippen LogP contribution >= 0.6 is 22.9 Å². The molecule has 0 fully saturated rings. The van der Waals surface area contributed by atoms with Crippen LogP contribution in [0.3, 0.4) is 0 Å². The van der Waals surface area contributed by atoms with Crippen LogP contribution in [0.2, 0.25) is 5.02 Å². The van der Waals surface area contributed by atoms with Crippen LogP contribution in [0.4, 0.5) is 16.4 Å². The summed E-state index contributed by atoms with van der Waals surface area (Å²) in [6.07, 6.45) is 0. The summed E-state index contributed by atoms with van der Waals surface area (Å²) in [6, 6.07) is 19.8. The number of nitrogens with two attached hydrogens (primary N) is 1.